The molecular weight excluding hydrogens is 260 g/mol. The first kappa shape index (κ1) is 13.0. The fourth-order valence-corrected chi connectivity index (χ4v) is 3.03. The van der Waals surface area contributed by atoms with Crippen molar-refractivity contribution in [2.75, 3.05) is 0 Å². The molecule has 1 nitrogen and oxygen atoms in total. The summed E-state index contributed by atoms with van der Waals surface area (Å²) in [6, 6.07) is 8.16. The van der Waals surface area contributed by atoms with Crippen molar-refractivity contribution in [1.82, 2.24) is 0 Å². The van der Waals surface area contributed by atoms with Gasteiger partial charge in [0.1, 0.15) is 0 Å². The Morgan fingerprint density at radius 2 is 1.33 bits per heavy atom. The molecule has 0 fully saturated rings. The molecule has 18 heavy (non-hydrogen) atoms. The van der Waals surface area contributed by atoms with Crippen LogP contribution in [0.25, 0.3) is 12.2 Å². The van der Waals surface area contributed by atoms with Crippen LogP contribution in [0, 0.1) is 13.8 Å². The Morgan fingerprint density at radius 1 is 0.889 bits per heavy atom. The third-order valence-electron chi connectivity index (χ3n) is 2.35. The van der Waals surface area contributed by atoms with Gasteiger partial charge in [0.15, 0.2) is 5.78 Å². The average molecular weight is 274 g/mol. The van der Waals surface area contributed by atoms with Gasteiger partial charge in [-0.05, 0) is 62.4 Å². The molecule has 0 unspecified atom stereocenters. The first-order valence-corrected chi connectivity index (χ1v) is 7.30. The quantitative estimate of drug-likeness (QED) is 0.737. The molecule has 2 aromatic heterocycles. The van der Waals surface area contributed by atoms with Crippen LogP contribution >= 0.6 is 22.7 Å². The molecule has 0 saturated heterocycles. The number of aryl methyl sites for hydroxylation is 2. The molecule has 0 aliphatic rings. The highest BCUT2D eigenvalue weighted by molar-refractivity contribution is 7.13. The van der Waals surface area contributed by atoms with Gasteiger partial charge in [-0.25, -0.2) is 0 Å². The first-order chi connectivity index (χ1) is 8.63. The van der Waals surface area contributed by atoms with Gasteiger partial charge in [-0.1, -0.05) is 0 Å². The highest BCUT2D eigenvalue weighted by Gasteiger charge is 1.95. The standard InChI is InChI=1S/C15H14OS2/c1-11-3-7-14(17-11)9-5-13(16)6-10-15-8-4-12(2)18-15/h3-10H,1-2H3/b9-5+,10-6+. The second-order valence-electron chi connectivity index (χ2n) is 3.97. The number of rotatable bonds is 4. The van der Waals surface area contributed by atoms with Crippen molar-refractivity contribution in [1.29, 1.82) is 0 Å². The van der Waals surface area contributed by atoms with Crippen LogP contribution in [0.5, 0.6) is 0 Å². The van der Waals surface area contributed by atoms with Gasteiger partial charge in [-0.15, -0.1) is 22.7 Å². The summed E-state index contributed by atoms with van der Waals surface area (Å²) >= 11 is 3.37. The Hall–Kier alpha value is -1.45. The molecule has 0 atom stereocenters. The van der Waals surface area contributed by atoms with E-state index >= 15 is 0 Å². The van der Waals surface area contributed by atoms with E-state index < -0.39 is 0 Å². The molecule has 92 valence electrons. The van der Waals surface area contributed by atoms with Crippen LogP contribution in [-0.4, -0.2) is 5.78 Å². The Bertz CT molecular complexity index is 547. The van der Waals surface area contributed by atoms with Crippen molar-refractivity contribution in [2.45, 2.75) is 13.8 Å². The molecule has 2 heterocycles. The van der Waals surface area contributed by atoms with Crippen molar-refractivity contribution in [3.63, 3.8) is 0 Å². The number of allylic oxidation sites excluding steroid dienone is 2. The van der Waals surface area contributed by atoms with Crippen LogP contribution in [0.1, 0.15) is 19.5 Å². The van der Waals surface area contributed by atoms with Crippen LogP contribution in [0.4, 0.5) is 0 Å². The lowest BCUT2D eigenvalue weighted by atomic mass is 10.3. The fourth-order valence-electron chi connectivity index (χ4n) is 1.47. The third-order valence-corrected chi connectivity index (χ3v) is 4.28. The van der Waals surface area contributed by atoms with Crippen LogP contribution < -0.4 is 0 Å². The Labute approximate surface area is 115 Å². The fraction of sp³-hybridized carbons (Fsp3) is 0.133. The van der Waals surface area contributed by atoms with E-state index in [0.717, 1.165) is 9.75 Å². The molecule has 2 rings (SSSR count). The van der Waals surface area contributed by atoms with E-state index in [9.17, 15) is 4.79 Å². The van der Waals surface area contributed by atoms with E-state index in [1.54, 1.807) is 34.8 Å². The first-order valence-electron chi connectivity index (χ1n) is 5.66. The Morgan fingerprint density at radius 3 is 1.67 bits per heavy atom. The molecule has 3 heteroatoms. The molecule has 0 radical (unpaired) electrons. The van der Waals surface area contributed by atoms with Gasteiger partial charge in [-0.2, -0.15) is 0 Å². The minimum absolute atomic E-state index is 0.0205. The SMILES string of the molecule is Cc1ccc(/C=C/C(=O)/C=C/c2ccc(C)s2)s1. The number of ketones is 1. The zero-order chi connectivity index (χ0) is 13.0. The maximum Gasteiger partial charge on any atom is 0.178 e. The van der Waals surface area contributed by atoms with Crippen molar-refractivity contribution in [3.05, 3.63) is 55.9 Å². The summed E-state index contributed by atoms with van der Waals surface area (Å²) < 4.78 is 0. The monoisotopic (exact) mass is 274 g/mol. The van der Waals surface area contributed by atoms with E-state index in [1.807, 2.05) is 24.3 Å². The zero-order valence-electron chi connectivity index (χ0n) is 10.3. The van der Waals surface area contributed by atoms with Gasteiger partial charge in [0.05, 0.1) is 0 Å². The van der Waals surface area contributed by atoms with Crippen LogP contribution in [0.2, 0.25) is 0 Å². The second-order valence-corrected chi connectivity index (χ2v) is 6.60. The zero-order valence-corrected chi connectivity index (χ0v) is 12.0. The number of hydrogen-bond acceptors (Lipinski definition) is 3. The predicted octanol–water partition coefficient (Wildman–Crippen LogP) is 4.72. The summed E-state index contributed by atoms with van der Waals surface area (Å²) in [5, 5.41) is 0. The summed E-state index contributed by atoms with van der Waals surface area (Å²) in [6.45, 7) is 4.12. The Balaban J connectivity index is 1.96. The lowest BCUT2D eigenvalue weighted by molar-refractivity contribution is -0.110. The average Bonchev–Trinajstić information content (AvgIpc) is 2.93. The molecule has 0 bridgehead atoms. The largest absolute Gasteiger partial charge is 0.290 e. The maximum absolute atomic E-state index is 11.6. The summed E-state index contributed by atoms with van der Waals surface area (Å²) in [6.07, 6.45) is 6.96. The number of hydrogen-bond donors (Lipinski definition) is 0. The summed E-state index contributed by atoms with van der Waals surface area (Å²) in [7, 11) is 0. The van der Waals surface area contributed by atoms with Crippen molar-refractivity contribution in [2.24, 2.45) is 0 Å². The van der Waals surface area contributed by atoms with Gasteiger partial charge < -0.3 is 0 Å². The number of thiophene rings is 2. The molecule has 0 aromatic carbocycles. The van der Waals surface area contributed by atoms with E-state index in [2.05, 4.69) is 26.0 Å². The Kier molecular flexibility index (Phi) is 4.28. The van der Waals surface area contributed by atoms with Crippen molar-refractivity contribution in [3.8, 4) is 0 Å². The summed E-state index contributed by atoms with van der Waals surface area (Å²) in [4.78, 5) is 16.4. The highest BCUT2D eigenvalue weighted by Crippen LogP contribution is 2.17. The highest BCUT2D eigenvalue weighted by atomic mass is 32.1. The van der Waals surface area contributed by atoms with E-state index in [4.69, 9.17) is 0 Å². The topological polar surface area (TPSA) is 17.1 Å². The van der Waals surface area contributed by atoms with Crippen LogP contribution in [0.3, 0.4) is 0 Å². The third kappa shape index (κ3) is 3.79. The van der Waals surface area contributed by atoms with Crippen molar-refractivity contribution >= 4 is 40.6 Å². The number of carbonyl (C=O) groups excluding carboxylic acids is 1. The van der Waals surface area contributed by atoms with Gasteiger partial charge in [0.25, 0.3) is 0 Å². The predicted molar refractivity (Wildman–Crippen MR) is 81.2 cm³/mol. The lowest BCUT2D eigenvalue weighted by Gasteiger charge is -1.85. The second kappa shape index (κ2) is 5.94. The molecule has 0 aliphatic carbocycles. The van der Waals surface area contributed by atoms with Gasteiger partial charge >= 0.3 is 0 Å². The van der Waals surface area contributed by atoms with Gasteiger partial charge in [0, 0.05) is 19.5 Å². The smallest absolute Gasteiger partial charge is 0.178 e. The maximum atomic E-state index is 11.6. The summed E-state index contributed by atoms with van der Waals surface area (Å²) in [5.74, 6) is 0.0205. The molecule has 2 aromatic rings. The summed E-state index contributed by atoms with van der Waals surface area (Å²) in [5.41, 5.74) is 0. The molecule has 0 N–H and O–H groups in total. The molecule has 0 saturated carbocycles. The molecule has 0 amide bonds. The molecular formula is C15H14OS2. The minimum Gasteiger partial charge on any atom is -0.290 e. The van der Waals surface area contributed by atoms with E-state index in [0.29, 0.717) is 0 Å². The molecule has 0 spiro atoms. The normalized spacial score (nSPS) is 11.7. The van der Waals surface area contributed by atoms with Crippen molar-refractivity contribution < 1.29 is 4.79 Å². The molecule has 0 aliphatic heterocycles. The van der Waals surface area contributed by atoms with E-state index in [-0.39, 0.29) is 5.78 Å². The van der Waals surface area contributed by atoms with Crippen LogP contribution in [0.15, 0.2) is 36.4 Å². The minimum atomic E-state index is 0.0205. The van der Waals surface area contributed by atoms with Gasteiger partial charge in [-0.3, -0.25) is 4.79 Å². The van der Waals surface area contributed by atoms with Crippen LogP contribution in [-0.2, 0) is 4.79 Å². The number of carbonyl (C=O) groups is 1. The lowest BCUT2D eigenvalue weighted by Crippen LogP contribution is -1.83. The van der Waals surface area contributed by atoms with Gasteiger partial charge in [0.2, 0.25) is 0 Å². The van der Waals surface area contributed by atoms with E-state index in [1.165, 1.54) is 9.75 Å².